The lowest BCUT2D eigenvalue weighted by atomic mass is 10.00. The number of carbonyl (C=O) groups is 1. The van der Waals surface area contributed by atoms with Crippen LogP contribution in [0.3, 0.4) is 0 Å². The number of rotatable bonds is 6. The zero-order valence-electron chi connectivity index (χ0n) is 17.1. The topological polar surface area (TPSA) is 82.4 Å². The largest absolute Gasteiger partial charge is 0.390 e. The van der Waals surface area contributed by atoms with E-state index in [0.29, 0.717) is 12.4 Å². The number of aromatic nitrogens is 2. The Bertz CT molecular complexity index is 1000. The second kappa shape index (κ2) is 9.11. The third-order valence-electron chi connectivity index (χ3n) is 5.33. The lowest BCUT2D eigenvalue weighted by Crippen LogP contribution is -2.43. The highest BCUT2D eigenvalue weighted by atomic mass is 16.3. The van der Waals surface area contributed by atoms with E-state index in [1.165, 1.54) is 11.1 Å². The van der Waals surface area contributed by atoms with Gasteiger partial charge in [-0.25, -0.2) is 9.48 Å². The maximum Gasteiger partial charge on any atom is 0.320 e. The zero-order valence-corrected chi connectivity index (χ0v) is 17.1. The lowest BCUT2D eigenvalue weighted by Gasteiger charge is -2.30. The molecule has 0 saturated heterocycles. The Balaban J connectivity index is 1.26. The van der Waals surface area contributed by atoms with Gasteiger partial charge in [-0.2, -0.15) is 0 Å². The maximum atomic E-state index is 12.3. The molecule has 1 aliphatic heterocycles. The number of benzene rings is 2. The van der Waals surface area contributed by atoms with Crippen molar-refractivity contribution in [2.75, 3.05) is 25.0 Å². The van der Waals surface area contributed by atoms with Crippen LogP contribution in [0, 0.1) is 6.92 Å². The van der Waals surface area contributed by atoms with E-state index in [1.54, 1.807) is 4.68 Å². The number of hydrogen-bond donors (Lipinski definition) is 3. The first-order chi connectivity index (χ1) is 14.6. The number of fused-ring (bicyclic) bond motifs is 1. The predicted molar refractivity (Wildman–Crippen MR) is 117 cm³/mol. The minimum absolute atomic E-state index is 0.183. The molecule has 1 aliphatic rings. The molecule has 2 aromatic carbocycles. The van der Waals surface area contributed by atoms with Gasteiger partial charge in [-0.15, -0.1) is 5.10 Å². The molecule has 4 rings (SSSR count). The van der Waals surface area contributed by atoms with Crippen LogP contribution in [0.15, 0.2) is 60.8 Å². The highest BCUT2D eigenvalue weighted by molar-refractivity contribution is 5.88. The summed E-state index contributed by atoms with van der Waals surface area (Å²) in [5.74, 6) is 0.499. The van der Waals surface area contributed by atoms with E-state index < -0.39 is 6.10 Å². The molecule has 0 spiro atoms. The van der Waals surface area contributed by atoms with Crippen molar-refractivity contribution >= 4 is 11.8 Å². The summed E-state index contributed by atoms with van der Waals surface area (Å²) >= 11 is 0. The predicted octanol–water partition coefficient (Wildman–Crippen LogP) is 2.72. The summed E-state index contributed by atoms with van der Waals surface area (Å²) in [5.41, 5.74) is 4.48. The van der Waals surface area contributed by atoms with Crippen LogP contribution < -0.4 is 10.6 Å². The van der Waals surface area contributed by atoms with Gasteiger partial charge in [0.25, 0.3) is 0 Å². The Morgan fingerprint density at radius 3 is 2.67 bits per heavy atom. The summed E-state index contributed by atoms with van der Waals surface area (Å²) in [6, 6.07) is 17.8. The fourth-order valence-electron chi connectivity index (χ4n) is 3.73. The highest BCUT2D eigenvalue weighted by Gasteiger charge is 2.19. The number of carbonyl (C=O) groups excluding carboxylic acids is 1. The monoisotopic (exact) mass is 405 g/mol. The number of anilines is 1. The van der Waals surface area contributed by atoms with Crippen molar-refractivity contribution in [1.29, 1.82) is 0 Å². The molecule has 30 heavy (non-hydrogen) atoms. The number of urea groups is 1. The van der Waals surface area contributed by atoms with Crippen molar-refractivity contribution in [2.24, 2.45) is 0 Å². The van der Waals surface area contributed by atoms with Crippen molar-refractivity contribution in [3.8, 4) is 5.69 Å². The Morgan fingerprint density at radius 1 is 1.13 bits per heavy atom. The number of β-amino-alcohol motifs (C(OH)–C–C–N with tert-alkyl or cyclic N) is 1. The van der Waals surface area contributed by atoms with Gasteiger partial charge in [0.05, 0.1) is 11.8 Å². The number of hydrogen-bond acceptors (Lipinski definition) is 4. The van der Waals surface area contributed by atoms with Gasteiger partial charge in [0.1, 0.15) is 0 Å². The first-order valence-electron chi connectivity index (χ1n) is 10.2. The smallest absolute Gasteiger partial charge is 0.320 e. The molecule has 0 saturated carbocycles. The summed E-state index contributed by atoms with van der Waals surface area (Å²) in [6.07, 6.45) is 2.22. The van der Waals surface area contributed by atoms with E-state index in [4.69, 9.17) is 0 Å². The average Bonchev–Trinajstić information content (AvgIpc) is 3.13. The summed E-state index contributed by atoms with van der Waals surface area (Å²) in [4.78, 5) is 14.5. The van der Waals surface area contributed by atoms with Gasteiger partial charge in [-0.1, -0.05) is 42.5 Å². The lowest BCUT2D eigenvalue weighted by molar-refractivity contribution is 0.106. The number of nitrogens with one attached hydrogen (secondary N) is 2. The van der Waals surface area contributed by atoms with E-state index in [0.717, 1.165) is 30.8 Å². The van der Waals surface area contributed by atoms with Crippen molar-refractivity contribution in [2.45, 2.75) is 26.0 Å². The minimum Gasteiger partial charge on any atom is -0.390 e. The van der Waals surface area contributed by atoms with Crippen LogP contribution in [0.25, 0.3) is 5.69 Å². The highest BCUT2D eigenvalue weighted by Crippen LogP contribution is 2.18. The number of aliphatic hydroxyl groups excluding tert-OH is 1. The normalized spacial score (nSPS) is 14.7. The molecule has 7 nitrogen and oxygen atoms in total. The molecule has 2 amide bonds. The van der Waals surface area contributed by atoms with Crippen LogP contribution in [0.2, 0.25) is 0 Å². The third kappa shape index (κ3) is 4.87. The number of aliphatic hydroxyl groups is 1. The molecule has 2 heterocycles. The van der Waals surface area contributed by atoms with Gasteiger partial charge in [0.15, 0.2) is 5.82 Å². The fourth-order valence-corrected chi connectivity index (χ4v) is 3.73. The summed E-state index contributed by atoms with van der Waals surface area (Å²) < 4.78 is 1.73. The summed E-state index contributed by atoms with van der Waals surface area (Å²) in [7, 11) is 0. The Kier molecular flexibility index (Phi) is 6.11. The van der Waals surface area contributed by atoms with Gasteiger partial charge < -0.3 is 10.4 Å². The summed E-state index contributed by atoms with van der Waals surface area (Å²) in [6.45, 7) is 4.34. The van der Waals surface area contributed by atoms with E-state index >= 15 is 0 Å². The first kappa shape index (κ1) is 20.1. The summed E-state index contributed by atoms with van der Waals surface area (Å²) in [5, 5.41) is 20.3. The van der Waals surface area contributed by atoms with Crippen molar-refractivity contribution in [1.82, 2.24) is 20.0 Å². The molecule has 1 aromatic heterocycles. The quantitative estimate of drug-likeness (QED) is 0.589. The maximum absolute atomic E-state index is 12.3. The molecule has 3 N–H and O–H groups in total. The number of nitrogens with zero attached hydrogens (tertiary/aromatic N) is 3. The molecular formula is C23H27N5O2. The van der Waals surface area contributed by atoms with Gasteiger partial charge in [0, 0.05) is 37.9 Å². The van der Waals surface area contributed by atoms with Crippen LogP contribution in [-0.4, -0.2) is 51.6 Å². The average molecular weight is 406 g/mol. The SMILES string of the molecule is Cc1cn(-c2ccccc2)nc1NC(=O)NCC(O)CN1CCc2ccccc2C1. The second-order valence-corrected chi connectivity index (χ2v) is 7.68. The molecule has 7 heteroatoms. The van der Waals surface area contributed by atoms with Crippen molar-refractivity contribution in [3.05, 3.63) is 77.5 Å². The molecule has 1 unspecified atom stereocenters. The zero-order chi connectivity index (χ0) is 20.9. The third-order valence-corrected chi connectivity index (χ3v) is 5.33. The van der Waals surface area contributed by atoms with Crippen LogP contribution in [-0.2, 0) is 13.0 Å². The number of para-hydroxylation sites is 1. The van der Waals surface area contributed by atoms with Gasteiger partial charge in [0.2, 0.25) is 0 Å². The molecule has 0 fully saturated rings. The molecule has 0 aliphatic carbocycles. The molecule has 0 bridgehead atoms. The van der Waals surface area contributed by atoms with Crippen LogP contribution >= 0.6 is 0 Å². The first-order valence-corrected chi connectivity index (χ1v) is 10.2. The van der Waals surface area contributed by atoms with Gasteiger partial charge >= 0.3 is 6.03 Å². The molecular weight excluding hydrogens is 378 g/mol. The van der Waals surface area contributed by atoms with Gasteiger partial charge in [-0.05, 0) is 36.6 Å². The van der Waals surface area contributed by atoms with E-state index in [-0.39, 0.29) is 12.6 Å². The second-order valence-electron chi connectivity index (χ2n) is 7.68. The van der Waals surface area contributed by atoms with Crippen LogP contribution in [0.1, 0.15) is 16.7 Å². The molecule has 156 valence electrons. The number of aryl methyl sites for hydroxylation is 1. The van der Waals surface area contributed by atoms with Crippen LogP contribution in [0.5, 0.6) is 0 Å². The van der Waals surface area contributed by atoms with Crippen molar-refractivity contribution < 1.29 is 9.90 Å². The standard InChI is InChI=1S/C23H27N5O2/c1-17-14-28(20-9-3-2-4-10-20)26-22(17)25-23(30)24-13-21(29)16-27-12-11-18-7-5-6-8-19(18)15-27/h2-10,14,21,29H,11-13,15-16H2,1H3,(H2,24,25,26,30). The fraction of sp³-hybridized carbons (Fsp3) is 0.304. The van der Waals surface area contributed by atoms with E-state index in [9.17, 15) is 9.90 Å². The number of amides is 2. The molecule has 1 atom stereocenters. The van der Waals surface area contributed by atoms with E-state index in [1.807, 2.05) is 49.5 Å². The Hall–Kier alpha value is -3.16. The molecule has 3 aromatic rings. The van der Waals surface area contributed by atoms with Crippen LogP contribution in [0.4, 0.5) is 10.6 Å². The Morgan fingerprint density at radius 2 is 1.87 bits per heavy atom. The minimum atomic E-state index is -0.635. The Labute approximate surface area is 176 Å². The van der Waals surface area contributed by atoms with Crippen molar-refractivity contribution in [3.63, 3.8) is 0 Å². The molecule has 0 radical (unpaired) electrons. The van der Waals surface area contributed by atoms with Gasteiger partial charge in [-0.3, -0.25) is 10.2 Å². The van der Waals surface area contributed by atoms with E-state index in [2.05, 4.69) is 38.8 Å².